The lowest BCUT2D eigenvalue weighted by atomic mass is 10.1. The van der Waals surface area contributed by atoms with Crippen molar-refractivity contribution in [2.75, 3.05) is 20.1 Å². The lowest BCUT2D eigenvalue weighted by Gasteiger charge is -2.21. The molecule has 20 heavy (non-hydrogen) atoms. The monoisotopic (exact) mass is 296 g/mol. The zero-order valence-corrected chi connectivity index (χ0v) is 13.3. The second-order valence-electron chi connectivity index (χ2n) is 5.76. The first-order chi connectivity index (χ1) is 9.45. The maximum Gasteiger partial charge on any atom is 0.243 e. The molecule has 1 saturated heterocycles. The van der Waals surface area contributed by atoms with E-state index in [1.807, 2.05) is 26.1 Å². The molecule has 1 aromatic rings. The Morgan fingerprint density at radius 2 is 1.90 bits per heavy atom. The van der Waals surface area contributed by atoms with Crippen LogP contribution in [0.3, 0.4) is 0 Å². The summed E-state index contributed by atoms with van der Waals surface area (Å²) in [6, 6.07) is 7.38. The average Bonchev–Trinajstić information content (AvgIpc) is 2.76. The van der Waals surface area contributed by atoms with Crippen molar-refractivity contribution in [3.8, 4) is 0 Å². The summed E-state index contributed by atoms with van der Waals surface area (Å²) in [6.45, 7) is 5.62. The van der Waals surface area contributed by atoms with Crippen LogP contribution in [0, 0.1) is 5.92 Å². The molecule has 0 amide bonds. The van der Waals surface area contributed by atoms with Gasteiger partial charge in [0, 0.05) is 12.6 Å². The number of nitrogens with one attached hydrogen (secondary N) is 1. The van der Waals surface area contributed by atoms with Crippen LogP contribution in [0.4, 0.5) is 0 Å². The van der Waals surface area contributed by atoms with Crippen molar-refractivity contribution in [2.24, 2.45) is 5.92 Å². The molecule has 2 rings (SSSR count). The van der Waals surface area contributed by atoms with Gasteiger partial charge in [0.1, 0.15) is 0 Å². The van der Waals surface area contributed by atoms with Gasteiger partial charge in [0.25, 0.3) is 0 Å². The molecule has 1 N–H and O–H groups in total. The van der Waals surface area contributed by atoms with E-state index in [1.54, 1.807) is 16.4 Å². The summed E-state index contributed by atoms with van der Waals surface area (Å²) in [7, 11) is -1.43. The molecule has 1 aliphatic rings. The highest BCUT2D eigenvalue weighted by Crippen LogP contribution is 2.29. The van der Waals surface area contributed by atoms with E-state index in [2.05, 4.69) is 12.2 Å². The van der Waals surface area contributed by atoms with Crippen LogP contribution in [-0.2, 0) is 16.4 Å². The summed E-state index contributed by atoms with van der Waals surface area (Å²) < 4.78 is 26.9. The first-order valence-corrected chi connectivity index (χ1v) is 8.64. The Balaban J connectivity index is 2.17. The zero-order chi connectivity index (χ0) is 14.8. The van der Waals surface area contributed by atoms with Crippen molar-refractivity contribution in [1.29, 1.82) is 0 Å². The minimum atomic E-state index is -3.34. The fraction of sp³-hybridized carbons (Fsp3) is 0.600. The van der Waals surface area contributed by atoms with E-state index in [0.717, 1.165) is 24.9 Å². The lowest BCUT2D eigenvalue weighted by molar-refractivity contribution is 0.405. The van der Waals surface area contributed by atoms with Crippen LogP contribution < -0.4 is 5.32 Å². The molecule has 4 nitrogen and oxygen atoms in total. The van der Waals surface area contributed by atoms with Crippen molar-refractivity contribution in [2.45, 2.75) is 37.6 Å². The van der Waals surface area contributed by atoms with Gasteiger partial charge in [-0.25, -0.2) is 8.42 Å². The van der Waals surface area contributed by atoms with Crippen LogP contribution in [0.5, 0.6) is 0 Å². The third kappa shape index (κ3) is 3.22. The normalized spacial score (nSPS) is 24.1. The van der Waals surface area contributed by atoms with Crippen molar-refractivity contribution in [1.82, 2.24) is 9.62 Å². The number of hydrogen-bond donors (Lipinski definition) is 1. The summed E-state index contributed by atoms with van der Waals surface area (Å²) in [5.74, 6) is 0.440. The second kappa shape index (κ2) is 6.24. The first-order valence-electron chi connectivity index (χ1n) is 7.20. The topological polar surface area (TPSA) is 49.4 Å². The van der Waals surface area contributed by atoms with E-state index in [9.17, 15) is 8.42 Å². The number of sulfonamides is 1. The van der Waals surface area contributed by atoms with E-state index < -0.39 is 10.0 Å². The first kappa shape index (κ1) is 15.5. The Kier molecular flexibility index (Phi) is 4.83. The maximum atomic E-state index is 12.6. The molecule has 0 bridgehead atoms. The fourth-order valence-corrected chi connectivity index (χ4v) is 4.59. The van der Waals surface area contributed by atoms with E-state index in [1.165, 1.54) is 0 Å². The lowest BCUT2D eigenvalue weighted by Crippen LogP contribution is -2.34. The number of likely N-dealkylation sites (N-methyl/N-ethyl adjacent to an activating group) is 1. The average molecular weight is 296 g/mol. The van der Waals surface area contributed by atoms with Gasteiger partial charge in [-0.1, -0.05) is 19.1 Å². The molecule has 0 spiro atoms. The van der Waals surface area contributed by atoms with Gasteiger partial charge in [-0.15, -0.1) is 0 Å². The Morgan fingerprint density at radius 1 is 1.25 bits per heavy atom. The number of rotatable bonds is 5. The van der Waals surface area contributed by atoms with Crippen molar-refractivity contribution in [3.63, 3.8) is 0 Å². The highest BCUT2D eigenvalue weighted by atomic mass is 32.2. The Hall–Kier alpha value is -0.910. The molecule has 1 heterocycles. The van der Waals surface area contributed by atoms with E-state index in [-0.39, 0.29) is 6.04 Å². The molecule has 0 aromatic heterocycles. The molecule has 0 saturated carbocycles. The van der Waals surface area contributed by atoms with Gasteiger partial charge in [-0.05, 0) is 57.0 Å². The van der Waals surface area contributed by atoms with Gasteiger partial charge in [0.05, 0.1) is 4.90 Å². The Morgan fingerprint density at radius 3 is 2.40 bits per heavy atom. The van der Waals surface area contributed by atoms with Crippen LogP contribution in [0.1, 0.15) is 25.8 Å². The van der Waals surface area contributed by atoms with E-state index in [4.69, 9.17) is 0 Å². The number of benzene rings is 1. The number of hydrogen-bond acceptors (Lipinski definition) is 3. The predicted molar refractivity (Wildman–Crippen MR) is 81.2 cm³/mol. The molecule has 1 fully saturated rings. The van der Waals surface area contributed by atoms with Crippen LogP contribution in [0.15, 0.2) is 29.2 Å². The molecule has 2 atom stereocenters. The van der Waals surface area contributed by atoms with Gasteiger partial charge in [0.15, 0.2) is 0 Å². The molecule has 0 radical (unpaired) electrons. The molecule has 112 valence electrons. The second-order valence-corrected chi connectivity index (χ2v) is 7.65. The minimum Gasteiger partial charge on any atom is -0.319 e. The summed E-state index contributed by atoms with van der Waals surface area (Å²) in [4.78, 5) is 0.409. The Labute approximate surface area is 122 Å². The van der Waals surface area contributed by atoms with E-state index in [0.29, 0.717) is 17.4 Å². The molecular weight excluding hydrogens is 272 g/mol. The standard InChI is InChI=1S/C15H24N2O2S/c1-12-10-13(2)17(11-12)20(18,19)15-6-4-14(5-7-15)8-9-16-3/h4-7,12-13,16H,8-11H2,1-3H3. The smallest absolute Gasteiger partial charge is 0.243 e. The summed E-state index contributed by atoms with van der Waals surface area (Å²) >= 11 is 0. The van der Waals surface area contributed by atoms with Gasteiger partial charge < -0.3 is 5.32 Å². The maximum absolute atomic E-state index is 12.6. The number of nitrogens with zero attached hydrogens (tertiary/aromatic N) is 1. The molecular formula is C15H24N2O2S. The molecule has 2 unspecified atom stereocenters. The largest absolute Gasteiger partial charge is 0.319 e. The summed E-state index contributed by atoms with van der Waals surface area (Å²) in [5, 5.41) is 3.09. The molecule has 1 aliphatic heterocycles. The van der Waals surface area contributed by atoms with E-state index >= 15 is 0 Å². The Bertz CT molecular complexity index is 539. The van der Waals surface area contributed by atoms with Crippen LogP contribution in [0.2, 0.25) is 0 Å². The molecule has 0 aliphatic carbocycles. The highest BCUT2D eigenvalue weighted by Gasteiger charge is 2.35. The predicted octanol–water partition coefficient (Wildman–Crippen LogP) is 1.87. The fourth-order valence-electron chi connectivity index (χ4n) is 2.83. The quantitative estimate of drug-likeness (QED) is 0.902. The minimum absolute atomic E-state index is 0.0963. The van der Waals surface area contributed by atoms with Crippen molar-refractivity contribution >= 4 is 10.0 Å². The van der Waals surface area contributed by atoms with Crippen LogP contribution >= 0.6 is 0 Å². The van der Waals surface area contributed by atoms with Gasteiger partial charge in [-0.3, -0.25) is 0 Å². The third-order valence-corrected chi connectivity index (χ3v) is 5.91. The molecule has 1 aromatic carbocycles. The molecule has 5 heteroatoms. The van der Waals surface area contributed by atoms with Crippen molar-refractivity contribution in [3.05, 3.63) is 29.8 Å². The van der Waals surface area contributed by atoms with Gasteiger partial charge >= 0.3 is 0 Å². The third-order valence-electron chi connectivity index (χ3n) is 3.92. The zero-order valence-electron chi connectivity index (χ0n) is 12.5. The van der Waals surface area contributed by atoms with Crippen molar-refractivity contribution < 1.29 is 8.42 Å². The highest BCUT2D eigenvalue weighted by molar-refractivity contribution is 7.89. The summed E-state index contributed by atoms with van der Waals surface area (Å²) in [5.41, 5.74) is 1.15. The van der Waals surface area contributed by atoms with Crippen LogP contribution in [0.25, 0.3) is 0 Å². The SMILES string of the molecule is CNCCc1ccc(S(=O)(=O)N2CC(C)CC2C)cc1. The summed E-state index contributed by atoms with van der Waals surface area (Å²) in [6.07, 6.45) is 1.85. The van der Waals surface area contributed by atoms with Gasteiger partial charge in [0.2, 0.25) is 10.0 Å². The van der Waals surface area contributed by atoms with Crippen LogP contribution in [-0.4, -0.2) is 38.9 Å². The van der Waals surface area contributed by atoms with Gasteiger partial charge in [-0.2, -0.15) is 4.31 Å².